The lowest BCUT2D eigenvalue weighted by Crippen LogP contribution is -2.43. The molecular weight excluding hydrogens is 258 g/mol. The molecular formula is C14H27N3O3. The highest BCUT2D eigenvalue weighted by Gasteiger charge is 2.26. The highest BCUT2D eigenvalue weighted by molar-refractivity contribution is 5.81. The third-order valence-corrected chi connectivity index (χ3v) is 4.07. The van der Waals surface area contributed by atoms with Crippen molar-refractivity contribution in [1.29, 1.82) is 0 Å². The Morgan fingerprint density at radius 1 is 1.20 bits per heavy atom. The van der Waals surface area contributed by atoms with Crippen molar-refractivity contribution >= 4 is 11.9 Å². The van der Waals surface area contributed by atoms with Gasteiger partial charge in [0.15, 0.2) is 0 Å². The number of nitrogens with one attached hydrogen (secondary N) is 1. The molecule has 1 atom stereocenters. The summed E-state index contributed by atoms with van der Waals surface area (Å²) >= 11 is 0. The Morgan fingerprint density at radius 2 is 1.85 bits per heavy atom. The topological polar surface area (TPSA) is 118 Å². The van der Waals surface area contributed by atoms with E-state index >= 15 is 0 Å². The van der Waals surface area contributed by atoms with Crippen LogP contribution in [0, 0.1) is 11.8 Å². The van der Waals surface area contributed by atoms with Crippen LogP contribution in [0.1, 0.15) is 44.9 Å². The van der Waals surface area contributed by atoms with E-state index in [1.807, 2.05) is 0 Å². The smallest absolute Gasteiger partial charge is 0.306 e. The van der Waals surface area contributed by atoms with E-state index in [0.29, 0.717) is 38.3 Å². The number of carbonyl (C=O) groups is 2. The lowest BCUT2D eigenvalue weighted by Gasteiger charge is -2.26. The number of unbranched alkanes of at least 4 members (excludes halogenated alkanes) is 1. The monoisotopic (exact) mass is 285 g/mol. The fourth-order valence-corrected chi connectivity index (χ4v) is 2.63. The predicted octanol–water partition coefficient (Wildman–Crippen LogP) is 0.450. The van der Waals surface area contributed by atoms with Gasteiger partial charge in [0.05, 0.1) is 12.0 Å². The molecule has 6 heteroatoms. The van der Waals surface area contributed by atoms with Gasteiger partial charge in [-0.1, -0.05) is 6.42 Å². The molecule has 1 saturated carbocycles. The highest BCUT2D eigenvalue weighted by atomic mass is 16.4. The van der Waals surface area contributed by atoms with Gasteiger partial charge in [-0.15, -0.1) is 0 Å². The summed E-state index contributed by atoms with van der Waals surface area (Å²) in [5.41, 5.74) is 11.2. The molecule has 0 radical (unpaired) electrons. The van der Waals surface area contributed by atoms with Crippen molar-refractivity contribution in [2.24, 2.45) is 23.3 Å². The zero-order valence-electron chi connectivity index (χ0n) is 12.0. The molecule has 6 nitrogen and oxygen atoms in total. The third kappa shape index (κ3) is 5.88. The van der Waals surface area contributed by atoms with E-state index in [4.69, 9.17) is 16.6 Å². The molecule has 0 spiro atoms. The van der Waals surface area contributed by atoms with Crippen LogP contribution in [0.3, 0.4) is 0 Å². The standard InChI is InChI=1S/C14H27N3O3/c15-8-2-1-3-12(16)13(18)17-9-10-4-6-11(7-5-10)14(19)20/h10-12H,1-9,15-16H2,(H,17,18)(H,19,20)/t10-,11-,12-/m0/s1. The Balaban J connectivity index is 2.17. The van der Waals surface area contributed by atoms with Crippen molar-refractivity contribution in [3.8, 4) is 0 Å². The van der Waals surface area contributed by atoms with Crippen molar-refractivity contribution in [3.05, 3.63) is 0 Å². The first-order valence-electron chi connectivity index (χ1n) is 7.50. The predicted molar refractivity (Wildman–Crippen MR) is 77.0 cm³/mol. The van der Waals surface area contributed by atoms with Crippen LogP contribution in [0.15, 0.2) is 0 Å². The Labute approximate surface area is 120 Å². The van der Waals surface area contributed by atoms with Crippen LogP contribution in [-0.4, -0.2) is 36.1 Å². The first-order chi connectivity index (χ1) is 9.54. The number of hydrogen-bond acceptors (Lipinski definition) is 4. The molecule has 116 valence electrons. The average Bonchev–Trinajstić information content (AvgIpc) is 2.45. The van der Waals surface area contributed by atoms with E-state index in [0.717, 1.165) is 25.7 Å². The van der Waals surface area contributed by atoms with Gasteiger partial charge >= 0.3 is 5.97 Å². The van der Waals surface area contributed by atoms with Crippen LogP contribution in [0.25, 0.3) is 0 Å². The van der Waals surface area contributed by atoms with Gasteiger partial charge in [0.25, 0.3) is 0 Å². The minimum Gasteiger partial charge on any atom is -0.481 e. The largest absolute Gasteiger partial charge is 0.481 e. The third-order valence-electron chi connectivity index (χ3n) is 4.07. The van der Waals surface area contributed by atoms with Gasteiger partial charge in [0.2, 0.25) is 5.91 Å². The molecule has 0 aromatic carbocycles. The van der Waals surface area contributed by atoms with Crippen molar-refractivity contribution in [3.63, 3.8) is 0 Å². The van der Waals surface area contributed by atoms with E-state index in [9.17, 15) is 9.59 Å². The second kappa shape index (κ2) is 8.92. The minimum absolute atomic E-state index is 0.109. The van der Waals surface area contributed by atoms with Crippen LogP contribution >= 0.6 is 0 Å². The Kier molecular flexibility index (Phi) is 7.54. The molecule has 0 bridgehead atoms. The van der Waals surface area contributed by atoms with E-state index < -0.39 is 12.0 Å². The van der Waals surface area contributed by atoms with Gasteiger partial charge in [-0.3, -0.25) is 9.59 Å². The summed E-state index contributed by atoms with van der Waals surface area (Å²) < 4.78 is 0. The number of nitrogens with two attached hydrogens (primary N) is 2. The molecule has 0 aliphatic heterocycles. The maximum absolute atomic E-state index is 11.8. The Bertz CT molecular complexity index is 315. The minimum atomic E-state index is -0.700. The van der Waals surface area contributed by atoms with Crippen LogP contribution in [0.2, 0.25) is 0 Å². The second-order valence-electron chi connectivity index (χ2n) is 5.69. The quantitative estimate of drug-likeness (QED) is 0.483. The number of carbonyl (C=O) groups excluding carboxylic acids is 1. The number of carboxylic acids is 1. The van der Waals surface area contributed by atoms with Gasteiger partial charge in [0, 0.05) is 6.54 Å². The van der Waals surface area contributed by atoms with E-state index in [-0.39, 0.29) is 11.8 Å². The molecule has 1 aliphatic rings. The summed E-state index contributed by atoms with van der Waals surface area (Å²) in [7, 11) is 0. The van der Waals surface area contributed by atoms with Gasteiger partial charge in [-0.25, -0.2) is 0 Å². The van der Waals surface area contributed by atoms with Crippen LogP contribution < -0.4 is 16.8 Å². The maximum Gasteiger partial charge on any atom is 0.306 e. The molecule has 1 aliphatic carbocycles. The molecule has 0 aromatic heterocycles. The zero-order chi connectivity index (χ0) is 15.0. The number of amides is 1. The SMILES string of the molecule is NCCCC[C@H](N)C(=O)NC[C@H]1CC[C@H](C(=O)O)CC1. The summed E-state index contributed by atoms with van der Waals surface area (Å²) in [5.74, 6) is -0.636. The zero-order valence-corrected chi connectivity index (χ0v) is 12.0. The molecule has 0 aromatic rings. The fourth-order valence-electron chi connectivity index (χ4n) is 2.63. The summed E-state index contributed by atoms with van der Waals surface area (Å²) in [6.45, 7) is 1.23. The number of carboxylic acid groups (broad SMARTS) is 1. The molecule has 1 rings (SSSR count). The molecule has 0 saturated heterocycles. The average molecular weight is 285 g/mol. The molecule has 0 unspecified atom stereocenters. The summed E-state index contributed by atoms with van der Waals surface area (Å²) in [6.07, 6.45) is 5.56. The summed E-state index contributed by atoms with van der Waals surface area (Å²) in [6, 6.07) is -0.461. The van der Waals surface area contributed by atoms with Crippen molar-refractivity contribution < 1.29 is 14.7 Å². The first-order valence-corrected chi connectivity index (χ1v) is 7.50. The maximum atomic E-state index is 11.8. The van der Waals surface area contributed by atoms with Crippen molar-refractivity contribution in [2.75, 3.05) is 13.1 Å². The van der Waals surface area contributed by atoms with E-state index in [1.54, 1.807) is 0 Å². The molecule has 0 heterocycles. The fraction of sp³-hybridized carbons (Fsp3) is 0.857. The Morgan fingerprint density at radius 3 is 2.40 bits per heavy atom. The van der Waals surface area contributed by atoms with Crippen LogP contribution in [-0.2, 0) is 9.59 Å². The number of hydrogen-bond donors (Lipinski definition) is 4. The second-order valence-corrected chi connectivity index (χ2v) is 5.69. The lowest BCUT2D eigenvalue weighted by atomic mass is 9.82. The van der Waals surface area contributed by atoms with Gasteiger partial charge in [0.1, 0.15) is 0 Å². The van der Waals surface area contributed by atoms with Crippen LogP contribution in [0.4, 0.5) is 0 Å². The molecule has 1 amide bonds. The van der Waals surface area contributed by atoms with Crippen molar-refractivity contribution in [1.82, 2.24) is 5.32 Å². The Hall–Kier alpha value is -1.14. The molecule has 20 heavy (non-hydrogen) atoms. The molecule has 6 N–H and O–H groups in total. The van der Waals surface area contributed by atoms with Gasteiger partial charge in [-0.2, -0.15) is 0 Å². The normalized spacial score (nSPS) is 24.1. The molecule has 1 fully saturated rings. The van der Waals surface area contributed by atoms with Crippen molar-refractivity contribution in [2.45, 2.75) is 51.0 Å². The lowest BCUT2D eigenvalue weighted by molar-refractivity contribution is -0.143. The van der Waals surface area contributed by atoms with E-state index in [2.05, 4.69) is 5.32 Å². The van der Waals surface area contributed by atoms with Gasteiger partial charge in [-0.05, 0) is 51.0 Å². The van der Waals surface area contributed by atoms with Crippen LogP contribution in [0.5, 0.6) is 0 Å². The summed E-state index contributed by atoms with van der Waals surface area (Å²) in [5, 5.41) is 11.8. The highest BCUT2D eigenvalue weighted by Crippen LogP contribution is 2.28. The number of rotatable bonds is 8. The van der Waals surface area contributed by atoms with Gasteiger partial charge < -0.3 is 21.9 Å². The van der Waals surface area contributed by atoms with E-state index in [1.165, 1.54) is 0 Å². The first kappa shape index (κ1) is 16.9. The number of aliphatic carboxylic acids is 1. The summed E-state index contributed by atoms with van der Waals surface area (Å²) in [4.78, 5) is 22.6.